The van der Waals surface area contributed by atoms with E-state index < -0.39 is 0 Å². The fourth-order valence-corrected chi connectivity index (χ4v) is 3.31. The number of hydrogen-bond donors (Lipinski definition) is 2. The maximum atomic E-state index is 12.5. The minimum atomic E-state index is -0.200. The van der Waals surface area contributed by atoms with Gasteiger partial charge in [-0.25, -0.2) is 9.97 Å². The van der Waals surface area contributed by atoms with Crippen molar-refractivity contribution in [1.29, 1.82) is 0 Å². The molecule has 0 bridgehead atoms. The van der Waals surface area contributed by atoms with E-state index in [0.717, 1.165) is 16.9 Å². The van der Waals surface area contributed by atoms with Gasteiger partial charge in [0, 0.05) is 10.9 Å². The molecule has 114 valence electrons. The molecule has 3 heterocycles. The Kier molecular flexibility index (Phi) is 3.16. The van der Waals surface area contributed by atoms with Gasteiger partial charge in [0.2, 0.25) is 0 Å². The molecule has 3 aromatic heterocycles. The minimum Gasteiger partial charge on any atom is -0.497 e. The molecule has 2 N–H and O–H groups in total. The third-order valence-electron chi connectivity index (χ3n) is 3.48. The van der Waals surface area contributed by atoms with Crippen LogP contribution in [0.15, 0.2) is 40.8 Å². The van der Waals surface area contributed by atoms with Gasteiger partial charge >= 0.3 is 0 Å². The smallest absolute Gasteiger partial charge is 0.260 e. The maximum absolute atomic E-state index is 12.5. The van der Waals surface area contributed by atoms with Gasteiger partial charge in [-0.05, 0) is 17.7 Å². The van der Waals surface area contributed by atoms with Gasteiger partial charge in [-0.1, -0.05) is 12.1 Å². The second kappa shape index (κ2) is 5.33. The molecule has 0 fully saturated rings. The van der Waals surface area contributed by atoms with Crippen LogP contribution >= 0.6 is 11.3 Å². The number of rotatable bonds is 3. The molecule has 0 unspecified atom stereocenters. The molecule has 1 aromatic carbocycles. The van der Waals surface area contributed by atoms with Gasteiger partial charge in [0.25, 0.3) is 5.56 Å². The lowest BCUT2D eigenvalue weighted by atomic mass is 10.1. The SMILES string of the molecule is COc1ccc(-c2csc3nc(-c4ncn[nH]4)[nH]c(=O)c23)cc1. The Morgan fingerprint density at radius 3 is 2.70 bits per heavy atom. The van der Waals surface area contributed by atoms with E-state index in [4.69, 9.17) is 4.74 Å². The highest BCUT2D eigenvalue weighted by Crippen LogP contribution is 2.32. The first-order valence-electron chi connectivity index (χ1n) is 6.78. The number of aromatic nitrogens is 5. The van der Waals surface area contributed by atoms with Crippen LogP contribution in [0.1, 0.15) is 0 Å². The fourth-order valence-electron chi connectivity index (χ4n) is 2.36. The maximum Gasteiger partial charge on any atom is 0.260 e. The zero-order chi connectivity index (χ0) is 15.8. The van der Waals surface area contributed by atoms with E-state index in [1.807, 2.05) is 29.6 Å². The third-order valence-corrected chi connectivity index (χ3v) is 4.36. The third kappa shape index (κ3) is 2.29. The first-order chi connectivity index (χ1) is 11.3. The molecule has 0 amide bonds. The van der Waals surface area contributed by atoms with Crippen LogP contribution in [-0.2, 0) is 0 Å². The molecule has 0 saturated heterocycles. The Hall–Kier alpha value is -3.00. The summed E-state index contributed by atoms with van der Waals surface area (Å²) in [5, 5.41) is 8.97. The number of methoxy groups -OCH3 is 1. The highest BCUT2D eigenvalue weighted by Gasteiger charge is 2.14. The van der Waals surface area contributed by atoms with Crippen molar-refractivity contribution < 1.29 is 4.74 Å². The quantitative estimate of drug-likeness (QED) is 0.603. The second-order valence-corrected chi connectivity index (χ2v) is 5.66. The van der Waals surface area contributed by atoms with Gasteiger partial charge in [0.05, 0.1) is 12.5 Å². The molecule has 8 heteroatoms. The average Bonchev–Trinajstić information content (AvgIpc) is 3.24. The van der Waals surface area contributed by atoms with E-state index >= 15 is 0 Å². The molecule has 0 aliphatic heterocycles. The molecule has 0 atom stereocenters. The van der Waals surface area contributed by atoms with E-state index in [2.05, 4.69) is 25.1 Å². The zero-order valence-electron chi connectivity index (χ0n) is 12.0. The van der Waals surface area contributed by atoms with Crippen LogP contribution in [0.2, 0.25) is 0 Å². The number of fused-ring (bicyclic) bond motifs is 1. The summed E-state index contributed by atoms with van der Waals surface area (Å²) in [5.41, 5.74) is 1.59. The summed E-state index contributed by atoms with van der Waals surface area (Å²) in [6.45, 7) is 0. The van der Waals surface area contributed by atoms with Crippen LogP contribution in [0, 0.1) is 0 Å². The summed E-state index contributed by atoms with van der Waals surface area (Å²) in [5.74, 6) is 1.58. The number of ether oxygens (including phenoxy) is 1. The normalized spacial score (nSPS) is 11.0. The Morgan fingerprint density at radius 1 is 1.17 bits per heavy atom. The molecular weight excluding hydrogens is 314 g/mol. The van der Waals surface area contributed by atoms with Gasteiger partial charge in [0.15, 0.2) is 11.6 Å². The highest BCUT2D eigenvalue weighted by atomic mass is 32.1. The van der Waals surface area contributed by atoms with Crippen LogP contribution in [-0.4, -0.2) is 32.3 Å². The number of H-pyrrole nitrogens is 2. The van der Waals surface area contributed by atoms with Crippen LogP contribution in [0.5, 0.6) is 5.75 Å². The molecule has 0 aliphatic carbocycles. The first kappa shape index (κ1) is 13.6. The summed E-state index contributed by atoms with van der Waals surface area (Å²) in [4.78, 5) is 24.4. The van der Waals surface area contributed by atoms with Gasteiger partial charge in [-0.15, -0.1) is 11.3 Å². The van der Waals surface area contributed by atoms with Crippen LogP contribution < -0.4 is 10.3 Å². The van der Waals surface area contributed by atoms with Crippen molar-refractivity contribution in [3.63, 3.8) is 0 Å². The number of thiophene rings is 1. The molecule has 0 saturated carbocycles. The summed E-state index contributed by atoms with van der Waals surface area (Å²) >= 11 is 1.42. The molecule has 0 spiro atoms. The van der Waals surface area contributed by atoms with Crippen LogP contribution in [0.3, 0.4) is 0 Å². The van der Waals surface area contributed by atoms with E-state index in [1.54, 1.807) is 7.11 Å². The number of hydrogen-bond acceptors (Lipinski definition) is 6. The van der Waals surface area contributed by atoms with Gasteiger partial charge < -0.3 is 9.72 Å². The Bertz CT molecular complexity index is 1020. The topological polar surface area (TPSA) is 96.6 Å². The van der Waals surface area contributed by atoms with E-state index in [0.29, 0.717) is 21.9 Å². The summed E-state index contributed by atoms with van der Waals surface area (Å²) in [6, 6.07) is 7.57. The molecular formula is C15H11N5O2S. The second-order valence-electron chi connectivity index (χ2n) is 4.81. The predicted octanol–water partition coefficient (Wildman–Crippen LogP) is 2.45. The predicted molar refractivity (Wildman–Crippen MR) is 87.6 cm³/mol. The van der Waals surface area contributed by atoms with Gasteiger partial charge in [-0.2, -0.15) is 5.10 Å². The summed E-state index contributed by atoms with van der Waals surface area (Å²) < 4.78 is 5.16. The van der Waals surface area contributed by atoms with Crippen molar-refractivity contribution in [3.8, 4) is 28.5 Å². The average molecular weight is 325 g/mol. The molecule has 4 rings (SSSR count). The Balaban J connectivity index is 1.88. The van der Waals surface area contributed by atoms with Crippen molar-refractivity contribution in [1.82, 2.24) is 25.1 Å². The van der Waals surface area contributed by atoms with Crippen molar-refractivity contribution in [2.24, 2.45) is 0 Å². The number of benzene rings is 1. The first-order valence-corrected chi connectivity index (χ1v) is 7.66. The lowest BCUT2D eigenvalue weighted by molar-refractivity contribution is 0.415. The van der Waals surface area contributed by atoms with E-state index in [1.165, 1.54) is 17.7 Å². The number of nitrogens with zero attached hydrogens (tertiary/aromatic N) is 3. The van der Waals surface area contributed by atoms with Crippen molar-refractivity contribution in [3.05, 3.63) is 46.3 Å². The van der Waals surface area contributed by atoms with Crippen molar-refractivity contribution >= 4 is 21.6 Å². The van der Waals surface area contributed by atoms with Crippen LogP contribution in [0.4, 0.5) is 0 Å². The number of nitrogens with one attached hydrogen (secondary N) is 2. The van der Waals surface area contributed by atoms with Crippen molar-refractivity contribution in [2.75, 3.05) is 7.11 Å². The van der Waals surface area contributed by atoms with E-state index in [9.17, 15) is 4.79 Å². The lowest BCUT2D eigenvalue weighted by Crippen LogP contribution is -2.09. The zero-order valence-corrected chi connectivity index (χ0v) is 12.8. The summed E-state index contributed by atoms with van der Waals surface area (Å²) in [7, 11) is 1.62. The number of aromatic amines is 2. The Labute approximate surface area is 134 Å². The minimum absolute atomic E-state index is 0.200. The molecule has 0 radical (unpaired) electrons. The molecule has 23 heavy (non-hydrogen) atoms. The van der Waals surface area contributed by atoms with Crippen molar-refractivity contribution in [2.45, 2.75) is 0 Å². The van der Waals surface area contributed by atoms with Gasteiger partial charge in [-0.3, -0.25) is 9.89 Å². The molecule has 0 aliphatic rings. The monoisotopic (exact) mass is 325 g/mol. The molecule has 7 nitrogen and oxygen atoms in total. The largest absolute Gasteiger partial charge is 0.497 e. The highest BCUT2D eigenvalue weighted by molar-refractivity contribution is 7.17. The summed E-state index contributed by atoms with van der Waals surface area (Å²) in [6.07, 6.45) is 1.37. The molecule has 4 aromatic rings. The fraction of sp³-hybridized carbons (Fsp3) is 0.0667. The van der Waals surface area contributed by atoms with E-state index in [-0.39, 0.29) is 5.56 Å². The van der Waals surface area contributed by atoms with Gasteiger partial charge in [0.1, 0.15) is 16.9 Å². The van der Waals surface area contributed by atoms with Crippen LogP contribution in [0.25, 0.3) is 33.0 Å². The standard InChI is InChI=1S/C15H11N5O2S/c1-22-9-4-2-8(3-5-9)10-6-23-15-11(10)14(21)18-13(19-15)12-16-7-17-20-12/h2-7H,1H3,(H,16,17,20)(H,18,19,21). The lowest BCUT2D eigenvalue weighted by Gasteiger charge is -2.02. The Morgan fingerprint density at radius 2 is 2.00 bits per heavy atom.